The van der Waals surface area contributed by atoms with Crippen LogP contribution in [0.3, 0.4) is 0 Å². The third kappa shape index (κ3) is 5.45. The number of methoxy groups -OCH3 is 1. The molecule has 1 N–H and O–H groups in total. The highest BCUT2D eigenvalue weighted by Gasteiger charge is 2.31. The predicted molar refractivity (Wildman–Crippen MR) is 109 cm³/mol. The van der Waals surface area contributed by atoms with Gasteiger partial charge in [0, 0.05) is 25.2 Å². The summed E-state index contributed by atoms with van der Waals surface area (Å²) in [5, 5.41) is 3.14. The Kier molecular flexibility index (Phi) is 7.13. The van der Waals surface area contributed by atoms with Crippen molar-refractivity contribution in [3.05, 3.63) is 29.8 Å². The summed E-state index contributed by atoms with van der Waals surface area (Å²) in [6, 6.07) is 9.19. The van der Waals surface area contributed by atoms with E-state index >= 15 is 0 Å². The summed E-state index contributed by atoms with van der Waals surface area (Å²) in [7, 11) is 1.66. The number of amides is 1. The highest BCUT2D eigenvalue weighted by Crippen LogP contribution is 2.25. The normalized spacial score (nSPS) is 22.7. The van der Waals surface area contributed by atoms with Crippen LogP contribution in [-0.4, -0.2) is 61.1 Å². The maximum Gasteiger partial charge on any atom is 0.224 e. The Hall–Kier alpha value is -1.59. The molecule has 2 aliphatic heterocycles. The van der Waals surface area contributed by atoms with Crippen molar-refractivity contribution in [2.45, 2.75) is 58.2 Å². The summed E-state index contributed by atoms with van der Waals surface area (Å²) in [4.78, 5) is 17.8. The minimum atomic E-state index is 0.125. The number of benzene rings is 1. The molecule has 3 rings (SSSR count). The fraction of sp³-hybridized carbons (Fsp3) is 0.682. The minimum Gasteiger partial charge on any atom is -0.497 e. The fourth-order valence-electron chi connectivity index (χ4n) is 4.40. The molecule has 5 heteroatoms. The highest BCUT2D eigenvalue weighted by molar-refractivity contribution is 5.79. The average Bonchev–Trinajstić information content (AvgIpc) is 2.72. The molecule has 2 heterocycles. The van der Waals surface area contributed by atoms with Crippen molar-refractivity contribution in [2.24, 2.45) is 5.92 Å². The number of carbonyl (C=O) groups excluding carboxylic acids is 1. The first-order chi connectivity index (χ1) is 13.1. The van der Waals surface area contributed by atoms with E-state index < -0.39 is 0 Å². The molecule has 0 saturated carbocycles. The molecule has 0 spiro atoms. The summed E-state index contributed by atoms with van der Waals surface area (Å²) in [5.74, 6) is 1.17. The van der Waals surface area contributed by atoms with Crippen LogP contribution in [0.4, 0.5) is 0 Å². The summed E-state index contributed by atoms with van der Waals surface area (Å²) in [5.41, 5.74) is 1.11. The van der Waals surface area contributed by atoms with Crippen molar-refractivity contribution in [3.63, 3.8) is 0 Å². The van der Waals surface area contributed by atoms with Gasteiger partial charge in [0.05, 0.1) is 13.0 Å². The maximum atomic E-state index is 12.7. The molecule has 0 unspecified atom stereocenters. The molecule has 2 saturated heterocycles. The molecule has 1 aromatic rings. The van der Waals surface area contributed by atoms with Crippen LogP contribution in [0.15, 0.2) is 24.3 Å². The van der Waals surface area contributed by atoms with Gasteiger partial charge < -0.3 is 15.0 Å². The van der Waals surface area contributed by atoms with Crippen molar-refractivity contribution in [1.29, 1.82) is 0 Å². The number of likely N-dealkylation sites (tertiary alicyclic amines) is 2. The van der Waals surface area contributed by atoms with Gasteiger partial charge in [-0.15, -0.1) is 0 Å². The number of hydrogen-bond donors (Lipinski definition) is 1. The molecular weight excluding hydrogens is 338 g/mol. The number of nitrogens with zero attached hydrogens (tertiary/aromatic N) is 2. The van der Waals surface area contributed by atoms with E-state index in [0.29, 0.717) is 18.6 Å². The Morgan fingerprint density at radius 1 is 1.15 bits per heavy atom. The topological polar surface area (TPSA) is 44.8 Å². The Morgan fingerprint density at radius 3 is 2.48 bits per heavy atom. The molecule has 2 fully saturated rings. The van der Waals surface area contributed by atoms with Gasteiger partial charge in [-0.2, -0.15) is 0 Å². The molecule has 0 bridgehead atoms. The first-order valence-corrected chi connectivity index (χ1v) is 10.5. The molecule has 0 aliphatic carbocycles. The quantitative estimate of drug-likeness (QED) is 0.833. The van der Waals surface area contributed by atoms with Crippen LogP contribution < -0.4 is 10.1 Å². The monoisotopic (exact) mass is 373 g/mol. The molecule has 1 aromatic carbocycles. The number of hydrogen-bond acceptors (Lipinski definition) is 4. The van der Waals surface area contributed by atoms with Crippen molar-refractivity contribution >= 4 is 5.91 Å². The minimum absolute atomic E-state index is 0.125. The van der Waals surface area contributed by atoms with E-state index in [-0.39, 0.29) is 11.8 Å². The lowest BCUT2D eigenvalue weighted by molar-refractivity contribution is -0.127. The molecule has 2 aliphatic rings. The molecule has 1 atom stereocenters. The molecule has 27 heavy (non-hydrogen) atoms. The summed E-state index contributed by atoms with van der Waals surface area (Å²) >= 11 is 0. The Morgan fingerprint density at radius 2 is 1.85 bits per heavy atom. The van der Waals surface area contributed by atoms with Gasteiger partial charge in [-0.25, -0.2) is 0 Å². The summed E-state index contributed by atoms with van der Waals surface area (Å²) in [6.45, 7) is 9.59. The third-order valence-corrected chi connectivity index (χ3v) is 6.20. The van der Waals surface area contributed by atoms with Crippen molar-refractivity contribution < 1.29 is 9.53 Å². The lowest BCUT2D eigenvalue weighted by Crippen LogP contribution is -2.51. The van der Waals surface area contributed by atoms with Gasteiger partial charge in [-0.1, -0.05) is 12.1 Å². The largest absolute Gasteiger partial charge is 0.497 e. The standard InChI is InChI=1S/C22H35N3O2/c1-17(2)24-13-10-20(11-14-24)25-12-4-5-19(16-25)22(26)23-15-18-6-8-21(27-3)9-7-18/h6-9,17,19-20H,4-5,10-16H2,1-3H3,(H,23,26)/t19-/m1/s1. The second-order valence-electron chi connectivity index (χ2n) is 8.26. The smallest absolute Gasteiger partial charge is 0.224 e. The zero-order chi connectivity index (χ0) is 19.2. The van der Waals surface area contributed by atoms with E-state index in [1.807, 2.05) is 24.3 Å². The van der Waals surface area contributed by atoms with Crippen LogP contribution in [0.25, 0.3) is 0 Å². The zero-order valence-corrected chi connectivity index (χ0v) is 17.1. The predicted octanol–water partition coefficient (Wildman–Crippen LogP) is 2.90. The zero-order valence-electron chi connectivity index (χ0n) is 17.1. The van der Waals surface area contributed by atoms with Crippen molar-refractivity contribution in [2.75, 3.05) is 33.3 Å². The second kappa shape index (κ2) is 9.56. The van der Waals surface area contributed by atoms with E-state index in [4.69, 9.17) is 4.74 Å². The van der Waals surface area contributed by atoms with Crippen LogP contribution in [0, 0.1) is 5.92 Å². The first-order valence-electron chi connectivity index (χ1n) is 10.5. The molecule has 5 nitrogen and oxygen atoms in total. The first kappa shape index (κ1) is 20.2. The lowest BCUT2D eigenvalue weighted by Gasteiger charge is -2.43. The van der Waals surface area contributed by atoms with Gasteiger partial charge in [0.15, 0.2) is 0 Å². The number of ether oxygens (including phenoxy) is 1. The van der Waals surface area contributed by atoms with Crippen LogP contribution in [0.1, 0.15) is 45.1 Å². The Labute approximate surface area is 164 Å². The second-order valence-corrected chi connectivity index (χ2v) is 8.26. The number of nitrogens with one attached hydrogen (secondary N) is 1. The summed E-state index contributed by atoms with van der Waals surface area (Å²) < 4.78 is 5.18. The highest BCUT2D eigenvalue weighted by atomic mass is 16.5. The van der Waals surface area contributed by atoms with E-state index in [1.54, 1.807) is 7.11 Å². The third-order valence-electron chi connectivity index (χ3n) is 6.20. The lowest BCUT2D eigenvalue weighted by atomic mass is 9.93. The average molecular weight is 374 g/mol. The van der Waals surface area contributed by atoms with Crippen LogP contribution in [-0.2, 0) is 11.3 Å². The Balaban J connectivity index is 1.46. The van der Waals surface area contributed by atoms with Crippen LogP contribution in [0.5, 0.6) is 5.75 Å². The van der Waals surface area contributed by atoms with Crippen molar-refractivity contribution in [3.8, 4) is 5.75 Å². The van der Waals surface area contributed by atoms with E-state index in [9.17, 15) is 4.79 Å². The maximum absolute atomic E-state index is 12.7. The number of piperidine rings is 2. The molecular formula is C22H35N3O2. The van der Waals surface area contributed by atoms with E-state index in [1.165, 1.54) is 25.9 Å². The number of carbonyl (C=O) groups is 1. The fourth-order valence-corrected chi connectivity index (χ4v) is 4.40. The van der Waals surface area contributed by atoms with E-state index in [2.05, 4.69) is 29.0 Å². The van der Waals surface area contributed by atoms with Gasteiger partial charge in [0.25, 0.3) is 0 Å². The van der Waals surface area contributed by atoms with Gasteiger partial charge >= 0.3 is 0 Å². The SMILES string of the molecule is COc1ccc(CNC(=O)[C@@H]2CCCN(C3CCN(C(C)C)CC3)C2)cc1. The summed E-state index contributed by atoms with van der Waals surface area (Å²) in [6.07, 6.45) is 4.61. The Bertz CT molecular complexity index is 594. The van der Waals surface area contributed by atoms with Crippen molar-refractivity contribution in [1.82, 2.24) is 15.1 Å². The molecule has 0 aromatic heterocycles. The van der Waals surface area contributed by atoms with Gasteiger partial charge in [0.1, 0.15) is 5.75 Å². The number of rotatable bonds is 6. The van der Waals surface area contributed by atoms with Gasteiger partial charge in [-0.3, -0.25) is 9.69 Å². The van der Waals surface area contributed by atoms with Crippen LogP contribution >= 0.6 is 0 Å². The van der Waals surface area contributed by atoms with Crippen LogP contribution in [0.2, 0.25) is 0 Å². The van der Waals surface area contributed by atoms with Gasteiger partial charge in [0.2, 0.25) is 5.91 Å². The van der Waals surface area contributed by atoms with Gasteiger partial charge in [-0.05, 0) is 76.9 Å². The molecule has 0 radical (unpaired) electrons. The molecule has 1 amide bonds. The van der Waals surface area contributed by atoms with E-state index in [0.717, 1.165) is 37.2 Å². The molecule has 150 valence electrons.